The van der Waals surface area contributed by atoms with Crippen molar-refractivity contribution in [1.29, 1.82) is 0 Å². The molecule has 1 N–H and O–H groups in total. The summed E-state index contributed by atoms with van der Waals surface area (Å²) in [5.41, 5.74) is 1.06. The predicted octanol–water partition coefficient (Wildman–Crippen LogP) is 2.10. The lowest BCUT2D eigenvalue weighted by molar-refractivity contribution is 0.0957. The summed E-state index contributed by atoms with van der Waals surface area (Å²) in [6.45, 7) is 0.669. The van der Waals surface area contributed by atoms with E-state index in [2.05, 4.69) is 10.5 Å². The van der Waals surface area contributed by atoms with Crippen LogP contribution >= 0.6 is 11.3 Å². The van der Waals surface area contributed by atoms with Crippen LogP contribution in [0.25, 0.3) is 0 Å². The second kappa shape index (κ2) is 5.46. The fourth-order valence-electron chi connectivity index (χ4n) is 1.34. The van der Waals surface area contributed by atoms with E-state index < -0.39 is 0 Å². The predicted molar refractivity (Wildman–Crippen MR) is 61.5 cm³/mol. The minimum atomic E-state index is 0.000295. The quantitative estimate of drug-likeness (QED) is 0.809. The third kappa shape index (κ3) is 2.93. The van der Waals surface area contributed by atoms with Crippen LogP contribution in [-0.4, -0.2) is 17.6 Å². The van der Waals surface area contributed by atoms with Gasteiger partial charge in [0.1, 0.15) is 6.26 Å². The van der Waals surface area contributed by atoms with Crippen LogP contribution in [0.5, 0.6) is 0 Å². The Morgan fingerprint density at radius 2 is 2.50 bits per heavy atom. The van der Waals surface area contributed by atoms with Gasteiger partial charge in [-0.2, -0.15) is 0 Å². The molecule has 0 unspecified atom stereocenters. The highest BCUT2D eigenvalue weighted by molar-refractivity contribution is 7.12. The van der Waals surface area contributed by atoms with Gasteiger partial charge in [-0.1, -0.05) is 11.2 Å². The SMILES string of the molecule is O=C(NCCCc1cnoc1)c1cccs1. The lowest BCUT2D eigenvalue weighted by atomic mass is 10.2. The van der Waals surface area contributed by atoms with Gasteiger partial charge < -0.3 is 9.84 Å². The highest BCUT2D eigenvalue weighted by Crippen LogP contribution is 2.07. The summed E-state index contributed by atoms with van der Waals surface area (Å²) in [5.74, 6) is 0.000295. The number of aryl methyl sites for hydroxylation is 1. The van der Waals surface area contributed by atoms with Crippen molar-refractivity contribution in [1.82, 2.24) is 10.5 Å². The first-order valence-electron chi connectivity index (χ1n) is 5.06. The summed E-state index contributed by atoms with van der Waals surface area (Å²) in [4.78, 5) is 12.3. The van der Waals surface area contributed by atoms with E-state index in [4.69, 9.17) is 4.52 Å². The molecule has 5 heteroatoms. The van der Waals surface area contributed by atoms with E-state index in [9.17, 15) is 4.79 Å². The molecule has 0 aliphatic heterocycles. The van der Waals surface area contributed by atoms with Gasteiger partial charge in [-0.3, -0.25) is 4.79 Å². The van der Waals surface area contributed by atoms with Gasteiger partial charge in [-0.05, 0) is 24.3 Å². The van der Waals surface area contributed by atoms with Crippen LogP contribution in [0.1, 0.15) is 21.7 Å². The second-order valence-corrected chi connectivity index (χ2v) is 4.32. The van der Waals surface area contributed by atoms with Crippen molar-refractivity contribution in [2.45, 2.75) is 12.8 Å². The topological polar surface area (TPSA) is 55.1 Å². The molecule has 2 heterocycles. The zero-order chi connectivity index (χ0) is 11.2. The number of rotatable bonds is 5. The van der Waals surface area contributed by atoms with Crippen molar-refractivity contribution in [3.8, 4) is 0 Å². The number of thiophene rings is 1. The van der Waals surface area contributed by atoms with Crippen LogP contribution in [0.4, 0.5) is 0 Å². The summed E-state index contributed by atoms with van der Waals surface area (Å²) < 4.78 is 4.72. The Kier molecular flexibility index (Phi) is 3.71. The zero-order valence-electron chi connectivity index (χ0n) is 8.68. The summed E-state index contributed by atoms with van der Waals surface area (Å²) in [6, 6.07) is 3.69. The minimum absolute atomic E-state index is 0.000295. The first kappa shape index (κ1) is 10.9. The lowest BCUT2D eigenvalue weighted by Crippen LogP contribution is -2.23. The standard InChI is InChI=1S/C11H12N2O2S/c14-11(10-4-2-6-16-10)12-5-1-3-9-7-13-15-8-9/h2,4,6-8H,1,3,5H2,(H,12,14). The highest BCUT2D eigenvalue weighted by Gasteiger charge is 2.04. The highest BCUT2D eigenvalue weighted by atomic mass is 32.1. The Bertz CT molecular complexity index is 423. The molecule has 2 aromatic heterocycles. The van der Waals surface area contributed by atoms with Crippen molar-refractivity contribution in [2.75, 3.05) is 6.54 Å². The first-order chi connectivity index (χ1) is 7.86. The van der Waals surface area contributed by atoms with E-state index in [1.807, 2.05) is 17.5 Å². The molecule has 2 rings (SSSR count). The molecule has 0 atom stereocenters. The smallest absolute Gasteiger partial charge is 0.261 e. The van der Waals surface area contributed by atoms with E-state index >= 15 is 0 Å². The summed E-state index contributed by atoms with van der Waals surface area (Å²) in [5, 5.41) is 8.38. The Labute approximate surface area is 97.3 Å². The molecule has 0 saturated heterocycles. The van der Waals surface area contributed by atoms with Gasteiger partial charge in [0, 0.05) is 12.1 Å². The molecule has 0 radical (unpaired) electrons. The molecule has 4 nitrogen and oxygen atoms in total. The average Bonchev–Trinajstić information content (AvgIpc) is 2.96. The van der Waals surface area contributed by atoms with E-state index in [0.29, 0.717) is 6.54 Å². The van der Waals surface area contributed by atoms with Gasteiger partial charge in [0.2, 0.25) is 0 Å². The lowest BCUT2D eigenvalue weighted by Gasteiger charge is -2.01. The number of hydrogen-bond donors (Lipinski definition) is 1. The van der Waals surface area contributed by atoms with E-state index in [-0.39, 0.29) is 5.91 Å². The third-order valence-electron chi connectivity index (χ3n) is 2.16. The van der Waals surface area contributed by atoms with Gasteiger partial charge in [0.25, 0.3) is 5.91 Å². The van der Waals surface area contributed by atoms with Crippen LogP contribution in [0, 0.1) is 0 Å². The summed E-state index contributed by atoms with van der Waals surface area (Å²) in [7, 11) is 0. The Hall–Kier alpha value is -1.62. The molecule has 0 bridgehead atoms. The maximum Gasteiger partial charge on any atom is 0.261 e. The Morgan fingerprint density at radius 3 is 3.19 bits per heavy atom. The number of carbonyl (C=O) groups is 1. The number of nitrogens with one attached hydrogen (secondary N) is 1. The van der Waals surface area contributed by atoms with Gasteiger partial charge in [0.15, 0.2) is 0 Å². The van der Waals surface area contributed by atoms with Crippen molar-refractivity contribution >= 4 is 17.2 Å². The van der Waals surface area contributed by atoms with E-state index in [1.54, 1.807) is 12.5 Å². The fraction of sp³-hybridized carbons (Fsp3) is 0.273. The summed E-state index contributed by atoms with van der Waals surface area (Å²) >= 11 is 1.45. The molecule has 0 saturated carbocycles. The molecule has 16 heavy (non-hydrogen) atoms. The van der Waals surface area contributed by atoms with Crippen LogP contribution < -0.4 is 5.32 Å². The van der Waals surface area contributed by atoms with Crippen LogP contribution in [0.2, 0.25) is 0 Å². The molecule has 1 amide bonds. The molecular weight excluding hydrogens is 224 g/mol. The van der Waals surface area contributed by atoms with E-state index in [1.165, 1.54) is 11.3 Å². The molecular formula is C11H12N2O2S. The molecule has 0 aromatic carbocycles. The molecule has 0 aliphatic rings. The number of amides is 1. The monoisotopic (exact) mass is 236 g/mol. The maximum atomic E-state index is 11.5. The molecule has 0 spiro atoms. The number of hydrogen-bond acceptors (Lipinski definition) is 4. The largest absolute Gasteiger partial charge is 0.364 e. The van der Waals surface area contributed by atoms with Gasteiger partial charge >= 0.3 is 0 Å². The van der Waals surface area contributed by atoms with Gasteiger partial charge in [-0.15, -0.1) is 11.3 Å². The minimum Gasteiger partial charge on any atom is -0.364 e. The van der Waals surface area contributed by atoms with Crippen molar-refractivity contribution < 1.29 is 9.32 Å². The van der Waals surface area contributed by atoms with Crippen molar-refractivity contribution in [3.05, 3.63) is 40.4 Å². The number of nitrogens with zero attached hydrogens (tertiary/aromatic N) is 1. The maximum absolute atomic E-state index is 11.5. The first-order valence-corrected chi connectivity index (χ1v) is 5.94. The van der Waals surface area contributed by atoms with Crippen molar-refractivity contribution in [2.24, 2.45) is 0 Å². The molecule has 0 fully saturated rings. The number of aromatic nitrogens is 1. The molecule has 84 valence electrons. The zero-order valence-corrected chi connectivity index (χ0v) is 9.50. The van der Waals surface area contributed by atoms with Gasteiger partial charge in [-0.25, -0.2) is 0 Å². The van der Waals surface area contributed by atoms with Crippen molar-refractivity contribution in [3.63, 3.8) is 0 Å². The van der Waals surface area contributed by atoms with E-state index in [0.717, 1.165) is 23.3 Å². The second-order valence-electron chi connectivity index (χ2n) is 3.37. The molecule has 2 aromatic rings. The van der Waals surface area contributed by atoms with Crippen LogP contribution in [-0.2, 0) is 6.42 Å². The Morgan fingerprint density at radius 1 is 1.56 bits per heavy atom. The number of carbonyl (C=O) groups excluding carboxylic acids is 1. The van der Waals surface area contributed by atoms with Gasteiger partial charge in [0.05, 0.1) is 11.1 Å². The fourth-order valence-corrected chi connectivity index (χ4v) is 1.98. The normalized spacial score (nSPS) is 10.2. The third-order valence-corrected chi connectivity index (χ3v) is 3.02. The van der Waals surface area contributed by atoms with Crippen LogP contribution in [0.3, 0.4) is 0 Å². The Balaban J connectivity index is 1.67. The average molecular weight is 236 g/mol. The van der Waals surface area contributed by atoms with Crippen LogP contribution in [0.15, 0.2) is 34.5 Å². The summed E-state index contributed by atoms with van der Waals surface area (Å²) in [6.07, 6.45) is 5.08. The molecule has 0 aliphatic carbocycles.